The van der Waals surface area contributed by atoms with E-state index in [-0.39, 0.29) is 5.95 Å². The third-order valence-electron chi connectivity index (χ3n) is 5.54. The number of rotatable bonds is 6. The maximum absolute atomic E-state index is 15.8. The predicted octanol–water partition coefficient (Wildman–Crippen LogP) is 5.94. The van der Waals surface area contributed by atoms with Crippen LogP contribution in [0.3, 0.4) is 0 Å². The summed E-state index contributed by atoms with van der Waals surface area (Å²) < 4.78 is 74.8. The Balaban J connectivity index is 0.000000436. The van der Waals surface area contributed by atoms with E-state index in [9.17, 15) is 13.2 Å². The molecule has 0 unspecified atom stereocenters. The molecule has 38 heavy (non-hydrogen) atoms. The minimum absolute atomic E-state index is 0.258. The molecule has 0 radical (unpaired) electrons. The van der Waals surface area contributed by atoms with Crippen molar-refractivity contribution >= 4 is 39.0 Å². The van der Waals surface area contributed by atoms with Crippen LogP contribution in [0.25, 0.3) is 0 Å². The zero-order chi connectivity index (χ0) is 27.8. The van der Waals surface area contributed by atoms with Gasteiger partial charge in [0.1, 0.15) is 29.0 Å². The summed E-state index contributed by atoms with van der Waals surface area (Å²) in [6.45, 7) is 0. The lowest BCUT2D eigenvalue weighted by atomic mass is 10.3. The van der Waals surface area contributed by atoms with Crippen molar-refractivity contribution in [3.63, 3.8) is 0 Å². The summed E-state index contributed by atoms with van der Waals surface area (Å²) in [5.74, 6) is 1.59. The van der Waals surface area contributed by atoms with Crippen LogP contribution in [-0.2, 0) is 10.1 Å². The molecule has 0 atom stereocenters. The number of alkyl halides is 3. The molecule has 0 spiro atoms. The van der Waals surface area contributed by atoms with Crippen molar-refractivity contribution < 1.29 is 30.5 Å². The quantitative estimate of drug-likeness (QED) is 0.0962. The van der Waals surface area contributed by atoms with Gasteiger partial charge in [-0.2, -0.15) is 17.6 Å². The minimum Gasteiger partial charge on any atom is -0.741 e. The molecule has 4 nitrogen and oxygen atoms in total. The lowest BCUT2D eigenvalue weighted by Crippen LogP contribution is -2.30. The first kappa shape index (κ1) is 29.0. The fourth-order valence-corrected chi connectivity index (χ4v) is 7.44. The zero-order valence-corrected chi connectivity index (χ0v) is 21.9. The number of halogens is 4. The summed E-state index contributed by atoms with van der Waals surface area (Å²) in [5, 5.41) is 3.37. The molecule has 0 saturated carbocycles. The molecule has 0 heterocycles. The first-order chi connectivity index (χ1) is 18.0. The molecule has 198 valence electrons. The van der Waals surface area contributed by atoms with Gasteiger partial charge >= 0.3 is 5.51 Å². The molecular weight excluding hydrogens is 537 g/mol. The van der Waals surface area contributed by atoms with Crippen LogP contribution >= 0.6 is 7.26 Å². The molecule has 0 aliphatic carbocycles. The molecule has 0 amide bonds. The van der Waals surface area contributed by atoms with E-state index in [0.717, 1.165) is 21.6 Å². The number of anilines is 1. The Morgan fingerprint density at radius 2 is 1.00 bits per heavy atom. The summed E-state index contributed by atoms with van der Waals surface area (Å²) in [6.07, 6.45) is 0. The van der Waals surface area contributed by atoms with Gasteiger partial charge in [-0.1, -0.05) is 72.8 Å². The number of hydrogen-bond acceptors (Lipinski definition) is 4. The van der Waals surface area contributed by atoms with Crippen LogP contribution in [0.1, 0.15) is 0 Å². The fraction of sp³-hybridized carbons (Fsp3) is 0.0714. The first-order valence-corrected chi connectivity index (χ1v) is 14.5. The van der Waals surface area contributed by atoms with Crippen LogP contribution in [0.2, 0.25) is 0 Å². The highest BCUT2D eigenvalue weighted by Crippen LogP contribution is 2.58. The van der Waals surface area contributed by atoms with Crippen molar-refractivity contribution in [1.29, 1.82) is 0 Å². The lowest BCUT2D eigenvalue weighted by molar-refractivity contribution is -0.0517. The summed E-state index contributed by atoms with van der Waals surface area (Å²) in [4.78, 5) is 1.61. The topological polar surface area (TPSA) is 60.4 Å². The van der Waals surface area contributed by atoms with Crippen LogP contribution in [0.15, 0.2) is 133 Å². The van der Waals surface area contributed by atoms with E-state index in [1.807, 2.05) is 90.7 Å². The Hall–Kier alpha value is -3.52. The van der Waals surface area contributed by atoms with Crippen LogP contribution in [0.5, 0.6) is 0 Å². The summed E-state index contributed by atoms with van der Waals surface area (Å²) in [6, 6.07) is 40.5. The molecular formula is C28H24F4NO3PS. The van der Waals surface area contributed by atoms with Crippen molar-refractivity contribution in [3.8, 4) is 0 Å². The number of nitrogens with zero attached hydrogens (tertiary/aromatic N) is 1. The molecule has 0 aliphatic heterocycles. The van der Waals surface area contributed by atoms with Crippen LogP contribution in [0.4, 0.5) is 23.2 Å². The van der Waals surface area contributed by atoms with Gasteiger partial charge in [-0.15, -0.1) is 0 Å². The highest BCUT2D eigenvalue weighted by atomic mass is 32.2. The number of hydrogen-bond donors (Lipinski definition) is 0. The van der Waals surface area contributed by atoms with Gasteiger partial charge in [-0.3, -0.25) is 0 Å². The Morgan fingerprint density at radius 1 is 0.711 bits per heavy atom. The molecule has 0 aromatic heterocycles. The molecule has 0 bridgehead atoms. The molecule has 4 aromatic rings. The normalized spacial score (nSPS) is 12.3. The number of benzene rings is 4. The van der Waals surface area contributed by atoms with Crippen LogP contribution < -0.4 is 20.8 Å². The third kappa shape index (κ3) is 6.86. The van der Waals surface area contributed by atoms with Gasteiger partial charge in [0.25, 0.3) is 0 Å². The van der Waals surface area contributed by atoms with Gasteiger partial charge in [0.05, 0.1) is 0 Å². The van der Waals surface area contributed by atoms with E-state index in [0.29, 0.717) is 0 Å². The molecule has 0 fully saturated rings. The molecule has 10 heteroatoms. The second kappa shape index (κ2) is 12.3. The minimum atomic E-state index is -6.09. The third-order valence-corrected chi connectivity index (χ3v) is 10.0. The molecule has 4 rings (SSSR count). The monoisotopic (exact) mass is 561 g/mol. The maximum atomic E-state index is 15.8. The van der Waals surface area contributed by atoms with Crippen molar-refractivity contribution in [2.24, 2.45) is 0 Å². The van der Waals surface area contributed by atoms with Crippen molar-refractivity contribution in [2.75, 3.05) is 11.9 Å². The standard InChI is InChI=1S/C27H24FNP.CHF3O3S/c1-29(23-14-6-2-7-15-23)27(28)22-30(24-16-8-3-9-17-24,25-18-10-4-11-19-25)26-20-12-5-13-21-26;2-1(3,4)8(5,6)7/h2-22H,1H3;(H,5,6,7)/q+1;/p-1/b27-22+;. The van der Waals surface area contributed by atoms with E-state index in [2.05, 4.69) is 36.4 Å². The van der Waals surface area contributed by atoms with E-state index in [4.69, 9.17) is 13.0 Å². The molecule has 4 aromatic carbocycles. The van der Waals surface area contributed by atoms with Gasteiger partial charge in [0, 0.05) is 12.7 Å². The van der Waals surface area contributed by atoms with Crippen molar-refractivity contribution in [1.82, 2.24) is 0 Å². The van der Waals surface area contributed by atoms with Crippen molar-refractivity contribution in [3.05, 3.63) is 133 Å². The number of para-hydroxylation sites is 1. The van der Waals surface area contributed by atoms with Gasteiger partial charge in [0.2, 0.25) is 5.95 Å². The van der Waals surface area contributed by atoms with Gasteiger partial charge < -0.3 is 9.45 Å². The summed E-state index contributed by atoms with van der Waals surface area (Å²) >= 11 is 0. The Kier molecular flexibility index (Phi) is 9.44. The summed E-state index contributed by atoms with van der Waals surface area (Å²) in [5.41, 5.74) is -4.83. The highest BCUT2D eigenvalue weighted by Gasteiger charge is 2.45. The van der Waals surface area contributed by atoms with Gasteiger partial charge in [-0.25, -0.2) is 8.42 Å². The second-order valence-corrected chi connectivity index (χ2v) is 12.6. The lowest BCUT2D eigenvalue weighted by Gasteiger charge is -2.26. The Labute approximate surface area is 220 Å². The predicted molar refractivity (Wildman–Crippen MR) is 145 cm³/mol. The van der Waals surface area contributed by atoms with Gasteiger partial charge in [0.15, 0.2) is 10.1 Å². The average molecular weight is 562 g/mol. The van der Waals surface area contributed by atoms with Gasteiger partial charge in [-0.05, 0) is 48.5 Å². The largest absolute Gasteiger partial charge is 0.741 e. The van der Waals surface area contributed by atoms with Crippen LogP contribution in [-0.4, -0.2) is 25.5 Å². The van der Waals surface area contributed by atoms with Crippen LogP contribution in [0, 0.1) is 0 Å². The molecule has 0 N–H and O–H groups in total. The van der Waals surface area contributed by atoms with Crippen molar-refractivity contribution in [2.45, 2.75) is 5.51 Å². The second-order valence-electron chi connectivity index (χ2n) is 7.98. The molecule has 0 saturated heterocycles. The zero-order valence-electron chi connectivity index (χ0n) is 20.2. The van der Waals surface area contributed by atoms with E-state index >= 15 is 4.39 Å². The van der Waals surface area contributed by atoms with E-state index in [1.54, 1.807) is 11.9 Å². The fourth-order valence-electron chi connectivity index (χ4n) is 3.68. The highest BCUT2D eigenvalue weighted by molar-refractivity contribution is 7.98. The van der Waals surface area contributed by atoms with E-state index < -0.39 is 22.9 Å². The Bertz CT molecular complexity index is 1340. The summed E-state index contributed by atoms with van der Waals surface area (Å²) in [7, 11) is -6.68. The SMILES string of the molecule is CN(/C(F)=C/[P+](c1ccccc1)(c1ccccc1)c1ccccc1)c1ccccc1.O=S(=O)([O-])C(F)(F)F. The Morgan fingerprint density at radius 3 is 1.29 bits per heavy atom. The van der Waals surface area contributed by atoms with E-state index in [1.165, 1.54) is 0 Å². The molecule has 0 aliphatic rings. The maximum Gasteiger partial charge on any atom is 0.485 e. The smallest absolute Gasteiger partial charge is 0.485 e. The average Bonchev–Trinajstić information content (AvgIpc) is 2.92. The first-order valence-electron chi connectivity index (χ1n) is 11.2.